The van der Waals surface area contributed by atoms with Crippen molar-refractivity contribution in [1.29, 1.82) is 0 Å². The van der Waals surface area contributed by atoms with Crippen LogP contribution in [0.2, 0.25) is 0 Å². The molecule has 1 rings (SSSR count). The molecule has 0 saturated carbocycles. The second-order valence-electron chi connectivity index (χ2n) is 6.52. The summed E-state index contributed by atoms with van der Waals surface area (Å²) in [7, 11) is 1.87. The molecular weight excluding hydrogens is 284 g/mol. The number of likely N-dealkylation sites (N-methyl/N-ethyl adjacent to an activating group) is 1. The van der Waals surface area contributed by atoms with Gasteiger partial charge in [-0.25, -0.2) is 0 Å². The van der Waals surface area contributed by atoms with E-state index in [0.29, 0.717) is 13.0 Å². The van der Waals surface area contributed by atoms with Crippen molar-refractivity contribution in [3.05, 3.63) is 35.4 Å². The maximum absolute atomic E-state index is 12.1. The Morgan fingerprint density at radius 1 is 1.29 bits per heavy atom. The second kappa shape index (κ2) is 8.40. The van der Waals surface area contributed by atoms with Crippen LogP contribution in [0.25, 0.3) is 0 Å². The van der Waals surface area contributed by atoms with Crippen LogP contribution in [0.5, 0.6) is 0 Å². The molecule has 0 heterocycles. The lowest BCUT2D eigenvalue weighted by molar-refractivity contribution is -0.130. The minimum atomic E-state index is -0.0492. The molecule has 0 spiro atoms. The molecule has 0 aliphatic carbocycles. The number of carbonyl (C=O) groups is 1. The smallest absolute Gasteiger partial charge is 0.222 e. The second-order valence-corrected chi connectivity index (χ2v) is 6.52. The highest BCUT2D eigenvalue weighted by atomic mass is 35.5. The molecular formula is C17H29ClN2O. The van der Waals surface area contributed by atoms with Gasteiger partial charge in [0.05, 0.1) is 0 Å². The Kier molecular flexibility index (Phi) is 7.98. The Bertz CT molecular complexity index is 441. The monoisotopic (exact) mass is 312 g/mol. The summed E-state index contributed by atoms with van der Waals surface area (Å²) >= 11 is 0. The number of carbonyl (C=O) groups excluding carboxylic acids is 1. The molecule has 1 amide bonds. The summed E-state index contributed by atoms with van der Waals surface area (Å²) in [5.41, 5.74) is 8.17. The van der Waals surface area contributed by atoms with Crippen LogP contribution >= 0.6 is 12.4 Å². The number of hydrogen-bond acceptors (Lipinski definition) is 2. The zero-order valence-corrected chi connectivity index (χ0v) is 14.7. The molecule has 0 fully saturated rings. The molecule has 0 aliphatic rings. The van der Waals surface area contributed by atoms with Crippen molar-refractivity contribution < 1.29 is 4.79 Å². The Labute approximate surface area is 135 Å². The summed E-state index contributed by atoms with van der Waals surface area (Å²) in [5, 5.41) is 0. The number of aryl methyl sites for hydroxylation is 1. The average molecular weight is 313 g/mol. The first-order valence-electron chi connectivity index (χ1n) is 7.29. The number of amides is 1. The van der Waals surface area contributed by atoms with Gasteiger partial charge in [-0.1, -0.05) is 43.7 Å². The van der Waals surface area contributed by atoms with Crippen LogP contribution in [-0.2, 0) is 10.2 Å². The Hall–Kier alpha value is -1.06. The van der Waals surface area contributed by atoms with Crippen molar-refractivity contribution in [3.8, 4) is 0 Å². The summed E-state index contributed by atoms with van der Waals surface area (Å²) in [6.45, 7) is 9.08. The van der Waals surface area contributed by atoms with Crippen LogP contribution in [-0.4, -0.2) is 30.4 Å². The van der Waals surface area contributed by atoms with Crippen molar-refractivity contribution in [2.45, 2.75) is 52.0 Å². The zero-order valence-electron chi connectivity index (χ0n) is 13.8. The molecule has 0 aromatic heterocycles. The quantitative estimate of drug-likeness (QED) is 0.876. The van der Waals surface area contributed by atoms with Gasteiger partial charge in [-0.2, -0.15) is 0 Å². The summed E-state index contributed by atoms with van der Waals surface area (Å²) in [4.78, 5) is 13.9. The van der Waals surface area contributed by atoms with Crippen LogP contribution in [0.4, 0.5) is 0 Å². The fourth-order valence-corrected chi connectivity index (χ4v) is 2.32. The van der Waals surface area contributed by atoms with Crippen LogP contribution < -0.4 is 5.73 Å². The van der Waals surface area contributed by atoms with Gasteiger partial charge < -0.3 is 10.6 Å². The van der Waals surface area contributed by atoms with Crippen molar-refractivity contribution in [2.75, 3.05) is 13.6 Å². The third-order valence-electron chi connectivity index (χ3n) is 3.70. The zero-order chi connectivity index (χ0) is 15.3. The lowest BCUT2D eigenvalue weighted by Crippen LogP contribution is -2.38. The number of nitrogens with zero attached hydrogens (tertiary/aromatic N) is 1. The first-order chi connectivity index (χ1) is 9.22. The first kappa shape index (κ1) is 19.9. The SMILES string of the molecule is Cc1ccc(C(C)(C)CN(C)C(=O)CCC(C)N)cc1.Cl. The van der Waals surface area contributed by atoms with E-state index in [0.717, 1.165) is 6.42 Å². The molecule has 1 aromatic rings. The molecule has 120 valence electrons. The molecule has 2 N–H and O–H groups in total. The van der Waals surface area contributed by atoms with Crippen LogP contribution in [0.1, 0.15) is 44.7 Å². The van der Waals surface area contributed by atoms with Gasteiger partial charge in [0.2, 0.25) is 5.91 Å². The third-order valence-corrected chi connectivity index (χ3v) is 3.70. The Morgan fingerprint density at radius 2 is 1.81 bits per heavy atom. The Balaban J connectivity index is 0.00000400. The molecule has 1 aromatic carbocycles. The van der Waals surface area contributed by atoms with Crippen molar-refractivity contribution in [3.63, 3.8) is 0 Å². The summed E-state index contributed by atoms with van der Waals surface area (Å²) in [6.07, 6.45) is 1.27. The summed E-state index contributed by atoms with van der Waals surface area (Å²) in [5.74, 6) is 0.169. The third kappa shape index (κ3) is 6.49. The standard InChI is InChI=1S/C17H28N2O.ClH/c1-13-6-9-15(10-7-13)17(3,4)12-19(5)16(20)11-8-14(2)18;/h6-7,9-10,14H,8,11-12,18H2,1-5H3;1H. The fourth-order valence-electron chi connectivity index (χ4n) is 2.32. The topological polar surface area (TPSA) is 46.3 Å². The lowest BCUT2D eigenvalue weighted by Gasteiger charge is -2.31. The first-order valence-corrected chi connectivity index (χ1v) is 7.29. The van der Waals surface area contributed by atoms with Gasteiger partial charge in [0.15, 0.2) is 0 Å². The highest BCUT2D eigenvalue weighted by molar-refractivity contribution is 5.85. The fraction of sp³-hybridized carbons (Fsp3) is 0.588. The van der Waals surface area contributed by atoms with E-state index in [1.54, 1.807) is 0 Å². The Morgan fingerprint density at radius 3 is 2.29 bits per heavy atom. The number of rotatable bonds is 6. The average Bonchev–Trinajstić information content (AvgIpc) is 2.35. The van der Waals surface area contributed by atoms with Crippen molar-refractivity contribution >= 4 is 18.3 Å². The van der Waals surface area contributed by atoms with Crippen molar-refractivity contribution in [2.24, 2.45) is 5.73 Å². The van der Waals surface area contributed by atoms with Gasteiger partial charge in [0.1, 0.15) is 0 Å². The molecule has 21 heavy (non-hydrogen) atoms. The van der Waals surface area contributed by atoms with Crippen LogP contribution in [0.15, 0.2) is 24.3 Å². The molecule has 0 saturated heterocycles. The van der Waals surface area contributed by atoms with E-state index in [9.17, 15) is 4.79 Å². The van der Waals surface area contributed by atoms with Gasteiger partial charge in [-0.05, 0) is 25.8 Å². The van der Waals surface area contributed by atoms with Crippen LogP contribution in [0, 0.1) is 6.92 Å². The lowest BCUT2D eigenvalue weighted by atomic mass is 9.84. The normalized spacial score (nSPS) is 12.5. The molecule has 4 heteroatoms. The molecule has 0 aliphatic heterocycles. The van der Waals surface area contributed by atoms with Gasteiger partial charge in [0, 0.05) is 31.5 Å². The van der Waals surface area contributed by atoms with Gasteiger partial charge in [0.25, 0.3) is 0 Å². The largest absolute Gasteiger partial charge is 0.345 e. The molecule has 0 radical (unpaired) electrons. The maximum Gasteiger partial charge on any atom is 0.222 e. The van der Waals surface area contributed by atoms with E-state index in [2.05, 4.69) is 45.0 Å². The van der Waals surface area contributed by atoms with Gasteiger partial charge in [-0.15, -0.1) is 12.4 Å². The summed E-state index contributed by atoms with van der Waals surface area (Å²) < 4.78 is 0. The molecule has 1 atom stereocenters. The molecule has 0 bridgehead atoms. The number of benzene rings is 1. The van der Waals surface area contributed by atoms with E-state index in [4.69, 9.17) is 5.73 Å². The van der Waals surface area contributed by atoms with Gasteiger partial charge >= 0.3 is 0 Å². The van der Waals surface area contributed by atoms with E-state index in [1.165, 1.54) is 11.1 Å². The predicted molar refractivity (Wildman–Crippen MR) is 92.0 cm³/mol. The number of halogens is 1. The summed E-state index contributed by atoms with van der Waals surface area (Å²) in [6, 6.07) is 8.62. The highest BCUT2D eigenvalue weighted by Crippen LogP contribution is 2.24. The minimum absolute atomic E-state index is 0. The number of hydrogen-bond donors (Lipinski definition) is 1. The predicted octanol–water partition coefficient (Wildman–Crippen LogP) is 3.28. The molecule has 3 nitrogen and oxygen atoms in total. The van der Waals surface area contributed by atoms with E-state index >= 15 is 0 Å². The van der Waals surface area contributed by atoms with E-state index < -0.39 is 0 Å². The molecule has 1 unspecified atom stereocenters. The maximum atomic E-state index is 12.1. The van der Waals surface area contributed by atoms with Gasteiger partial charge in [-0.3, -0.25) is 4.79 Å². The number of nitrogens with two attached hydrogens (primary N) is 1. The minimum Gasteiger partial charge on any atom is -0.345 e. The van der Waals surface area contributed by atoms with Crippen LogP contribution in [0.3, 0.4) is 0 Å². The van der Waals surface area contributed by atoms with E-state index in [-0.39, 0.29) is 29.8 Å². The van der Waals surface area contributed by atoms with Crippen molar-refractivity contribution in [1.82, 2.24) is 4.90 Å². The van der Waals surface area contributed by atoms with E-state index in [1.807, 2.05) is 18.9 Å². The highest BCUT2D eigenvalue weighted by Gasteiger charge is 2.24.